The third-order valence-corrected chi connectivity index (χ3v) is 7.43. The number of nitrogens with one attached hydrogen (secondary N) is 1. The number of halogens is 1. The van der Waals surface area contributed by atoms with E-state index in [0.29, 0.717) is 5.82 Å². The summed E-state index contributed by atoms with van der Waals surface area (Å²) in [6.07, 6.45) is 1.03. The average Bonchev–Trinajstić information content (AvgIpc) is 2.89. The Kier molecular flexibility index (Phi) is 4.95. The molecule has 0 amide bonds. The molecule has 0 unspecified atom stereocenters. The number of hydrogen-bond donors (Lipinski definition) is 1. The average molecular weight is 458 g/mol. The van der Waals surface area contributed by atoms with Crippen molar-refractivity contribution in [3.05, 3.63) is 52.8 Å². The van der Waals surface area contributed by atoms with E-state index in [4.69, 9.17) is 0 Å². The second kappa shape index (κ2) is 6.76. The third kappa shape index (κ3) is 3.68. The molecule has 0 aliphatic rings. The molecule has 1 aromatic heterocycles. The van der Waals surface area contributed by atoms with Gasteiger partial charge in [0.15, 0.2) is 9.84 Å². The number of benzene rings is 2. The van der Waals surface area contributed by atoms with E-state index in [1.807, 2.05) is 24.3 Å². The van der Waals surface area contributed by atoms with Crippen LogP contribution in [0.2, 0.25) is 0 Å². The molecule has 0 saturated carbocycles. The van der Waals surface area contributed by atoms with Gasteiger partial charge in [-0.1, -0.05) is 12.1 Å². The van der Waals surface area contributed by atoms with Crippen LogP contribution in [0.1, 0.15) is 5.82 Å². The van der Waals surface area contributed by atoms with Crippen LogP contribution in [0.15, 0.2) is 56.7 Å². The Morgan fingerprint density at radius 3 is 2.46 bits per heavy atom. The summed E-state index contributed by atoms with van der Waals surface area (Å²) >= 11 is 3.17. The molecule has 0 aliphatic heterocycles. The first kappa shape index (κ1) is 19.0. The van der Waals surface area contributed by atoms with Gasteiger partial charge >= 0.3 is 0 Å². The molecule has 7 nitrogen and oxygen atoms in total. The van der Waals surface area contributed by atoms with Gasteiger partial charge in [-0.3, -0.25) is 0 Å². The predicted molar refractivity (Wildman–Crippen MR) is 102 cm³/mol. The number of sulfone groups is 1. The Labute approximate surface area is 160 Å². The van der Waals surface area contributed by atoms with Crippen molar-refractivity contribution in [3.8, 4) is 0 Å². The molecule has 1 heterocycles. The van der Waals surface area contributed by atoms with Crippen molar-refractivity contribution in [3.63, 3.8) is 0 Å². The molecule has 3 rings (SSSR count). The standard InChI is InChI=1S/C16H16BrN3O4S2/c1-20-14-6-4-3-5-13(14)19-16(20)10-18-26(23,24)15-9-11(25(2,21)22)7-8-12(15)17/h3-9,18H,10H2,1-2H3. The Morgan fingerprint density at radius 2 is 1.81 bits per heavy atom. The highest BCUT2D eigenvalue weighted by Gasteiger charge is 2.21. The van der Waals surface area contributed by atoms with Crippen molar-refractivity contribution in [2.24, 2.45) is 7.05 Å². The van der Waals surface area contributed by atoms with Crippen LogP contribution in [0.5, 0.6) is 0 Å². The summed E-state index contributed by atoms with van der Waals surface area (Å²) in [7, 11) is -5.66. The Hall–Kier alpha value is -1.75. The minimum atomic E-state index is -3.94. The highest BCUT2D eigenvalue weighted by atomic mass is 79.9. The predicted octanol–water partition coefficient (Wildman–Crippen LogP) is 2.22. The lowest BCUT2D eigenvalue weighted by Crippen LogP contribution is -2.25. The molecule has 3 aromatic rings. The fourth-order valence-electron chi connectivity index (χ4n) is 2.51. The van der Waals surface area contributed by atoms with Gasteiger partial charge in [-0.15, -0.1) is 0 Å². The SMILES string of the molecule is Cn1c(CNS(=O)(=O)c2cc(S(C)(=O)=O)ccc2Br)nc2ccccc21. The Balaban J connectivity index is 1.93. The lowest BCUT2D eigenvalue weighted by molar-refractivity contribution is 0.577. The maximum absolute atomic E-state index is 12.7. The number of nitrogens with zero attached hydrogens (tertiary/aromatic N) is 2. The highest BCUT2D eigenvalue weighted by Crippen LogP contribution is 2.25. The van der Waals surface area contributed by atoms with Crippen molar-refractivity contribution >= 4 is 46.8 Å². The van der Waals surface area contributed by atoms with Crippen LogP contribution in [0.3, 0.4) is 0 Å². The summed E-state index contributed by atoms with van der Waals surface area (Å²) in [6.45, 7) is -0.0247. The lowest BCUT2D eigenvalue weighted by Gasteiger charge is -2.10. The van der Waals surface area contributed by atoms with E-state index in [2.05, 4.69) is 25.6 Å². The lowest BCUT2D eigenvalue weighted by atomic mass is 10.3. The summed E-state index contributed by atoms with van der Waals surface area (Å²) in [5, 5.41) is 0. The quantitative estimate of drug-likeness (QED) is 0.633. The fourth-order valence-corrected chi connectivity index (χ4v) is 5.20. The molecule has 0 aliphatic carbocycles. The Bertz CT molecular complexity index is 1200. The zero-order valence-electron chi connectivity index (χ0n) is 14.0. The topological polar surface area (TPSA) is 98.1 Å². The molecule has 0 spiro atoms. The summed E-state index contributed by atoms with van der Waals surface area (Å²) in [5.41, 5.74) is 1.66. The van der Waals surface area contributed by atoms with Crippen molar-refractivity contribution in [2.45, 2.75) is 16.3 Å². The summed E-state index contributed by atoms with van der Waals surface area (Å²) in [6, 6.07) is 11.4. The minimum absolute atomic E-state index is 0.0247. The number of aromatic nitrogens is 2. The maximum atomic E-state index is 12.7. The minimum Gasteiger partial charge on any atom is -0.330 e. The zero-order chi connectivity index (χ0) is 19.1. The van der Waals surface area contributed by atoms with E-state index in [9.17, 15) is 16.8 Å². The number of aryl methyl sites for hydroxylation is 1. The van der Waals surface area contributed by atoms with Crippen LogP contribution in [-0.4, -0.2) is 32.6 Å². The number of hydrogen-bond acceptors (Lipinski definition) is 5. The van der Waals surface area contributed by atoms with Gasteiger partial charge in [-0.25, -0.2) is 26.5 Å². The fraction of sp³-hybridized carbons (Fsp3) is 0.188. The largest absolute Gasteiger partial charge is 0.330 e. The molecule has 0 fully saturated rings. The Morgan fingerprint density at radius 1 is 1.12 bits per heavy atom. The van der Waals surface area contributed by atoms with Crippen LogP contribution < -0.4 is 4.72 Å². The number of fused-ring (bicyclic) bond motifs is 1. The zero-order valence-corrected chi connectivity index (χ0v) is 17.2. The summed E-state index contributed by atoms with van der Waals surface area (Å²) < 4.78 is 53.3. The van der Waals surface area contributed by atoms with Gasteiger partial charge in [0, 0.05) is 17.8 Å². The van der Waals surface area contributed by atoms with Gasteiger partial charge < -0.3 is 4.57 Å². The van der Waals surface area contributed by atoms with E-state index in [1.165, 1.54) is 12.1 Å². The number of para-hydroxylation sites is 2. The monoisotopic (exact) mass is 457 g/mol. The second-order valence-corrected chi connectivity index (χ2v) is 10.4. The van der Waals surface area contributed by atoms with E-state index in [-0.39, 0.29) is 20.8 Å². The van der Waals surface area contributed by atoms with E-state index < -0.39 is 19.9 Å². The van der Waals surface area contributed by atoms with Crippen molar-refractivity contribution < 1.29 is 16.8 Å². The normalized spacial score (nSPS) is 12.6. The van der Waals surface area contributed by atoms with Crippen LogP contribution in [-0.2, 0) is 33.5 Å². The van der Waals surface area contributed by atoms with Crippen LogP contribution in [0.25, 0.3) is 11.0 Å². The number of imidazole rings is 1. The highest BCUT2D eigenvalue weighted by molar-refractivity contribution is 9.10. The first-order valence-electron chi connectivity index (χ1n) is 7.49. The summed E-state index contributed by atoms with van der Waals surface area (Å²) in [5.74, 6) is 0.546. The van der Waals surface area contributed by atoms with Crippen molar-refractivity contribution in [2.75, 3.05) is 6.26 Å². The van der Waals surface area contributed by atoms with Gasteiger partial charge in [-0.05, 0) is 46.3 Å². The molecule has 10 heteroatoms. The van der Waals surface area contributed by atoms with E-state index in [1.54, 1.807) is 11.6 Å². The molecule has 2 aromatic carbocycles. The first-order chi connectivity index (χ1) is 12.1. The van der Waals surface area contributed by atoms with Gasteiger partial charge in [0.2, 0.25) is 10.0 Å². The maximum Gasteiger partial charge on any atom is 0.242 e. The molecular formula is C16H16BrN3O4S2. The molecule has 0 bridgehead atoms. The van der Waals surface area contributed by atoms with Crippen LogP contribution >= 0.6 is 15.9 Å². The van der Waals surface area contributed by atoms with Crippen molar-refractivity contribution in [1.29, 1.82) is 0 Å². The van der Waals surface area contributed by atoms with Crippen LogP contribution in [0.4, 0.5) is 0 Å². The molecule has 0 atom stereocenters. The van der Waals surface area contributed by atoms with Crippen molar-refractivity contribution in [1.82, 2.24) is 14.3 Å². The number of sulfonamides is 1. The van der Waals surface area contributed by atoms with Gasteiger partial charge in [0.25, 0.3) is 0 Å². The van der Waals surface area contributed by atoms with E-state index in [0.717, 1.165) is 23.4 Å². The second-order valence-electron chi connectivity index (χ2n) is 5.76. The van der Waals surface area contributed by atoms with Crippen LogP contribution in [0, 0.1) is 0 Å². The van der Waals surface area contributed by atoms with Gasteiger partial charge in [0.1, 0.15) is 5.82 Å². The van der Waals surface area contributed by atoms with Gasteiger partial charge in [0.05, 0.1) is 27.4 Å². The molecule has 0 radical (unpaired) electrons. The first-order valence-corrected chi connectivity index (χ1v) is 11.7. The van der Waals surface area contributed by atoms with Gasteiger partial charge in [-0.2, -0.15) is 0 Å². The smallest absolute Gasteiger partial charge is 0.242 e. The third-order valence-electron chi connectivity index (χ3n) is 3.92. The molecular weight excluding hydrogens is 442 g/mol. The number of rotatable bonds is 5. The summed E-state index contributed by atoms with van der Waals surface area (Å²) in [4.78, 5) is 4.21. The molecule has 0 saturated heterocycles. The van der Waals surface area contributed by atoms with E-state index >= 15 is 0 Å². The molecule has 26 heavy (non-hydrogen) atoms. The molecule has 1 N–H and O–H groups in total. The molecule has 138 valence electrons.